The third kappa shape index (κ3) is 1.45. The van der Waals surface area contributed by atoms with E-state index in [9.17, 15) is 0 Å². The molecule has 0 aromatic carbocycles. The van der Waals surface area contributed by atoms with Gasteiger partial charge in [-0.15, -0.1) is 11.3 Å². The Labute approximate surface area is 79.8 Å². The number of nitrogens with zero attached hydrogens (tertiary/aromatic N) is 2. The zero-order valence-corrected chi connectivity index (χ0v) is 7.95. The topological polar surface area (TPSA) is 36.7 Å². The molecule has 62 valence electrons. The second-order valence-corrected chi connectivity index (χ2v) is 4.60. The molecule has 4 heteroatoms. The van der Waals surface area contributed by atoms with Crippen LogP contribution in [0.4, 0.5) is 0 Å². The van der Waals surface area contributed by atoms with E-state index in [0.717, 1.165) is 25.0 Å². The zero-order chi connectivity index (χ0) is 8.60. The number of thiazole rings is 1. The number of halogens is 1. The van der Waals surface area contributed by atoms with Crippen molar-refractivity contribution in [2.45, 2.75) is 19.3 Å². The average molecular weight is 199 g/mol. The largest absolute Gasteiger partial charge is 0.230 e. The molecule has 1 fully saturated rings. The minimum absolute atomic E-state index is 0.0998. The molecule has 0 aliphatic heterocycles. The summed E-state index contributed by atoms with van der Waals surface area (Å²) in [6, 6.07) is 2.33. The SMILES string of the molecule is N#CC1(Cc2csc(Cl)n2)CC1. The smallest absolute Gasteiger partial charge is 0.183 e. The van der Waals surface area contributed by atoms with Crippen LogP contribution in [0.25, 0.3) is 0 Å². The van der Waals surface area contributed by atoms with Crippen molar-refractivity contribution in [2.24, 2.45) is 5.41 Å². The van der Waals surface area contributed by atoms with Crippen molar-refractivity contribution in [3.05, 3.63) is 15.5 Å². The van der Waals surface area contributed by atoms with Crippen molar-refractivity contribution in [2.75, 3.05) is 0 Å². The van der Waals surface area contributed by atoms with Gasteiger partial charge in [-0.2, -0.15) is 5.26 Å². The van der Waals surface area contributed by atoms with E-state index in [2.05, 4.69) is 11.1 Å². The number of hydrogen-bond acceptors (Lipinski definition) is 3. The maximum absolute atomic E-state index is 8.82. The minimum atomic E-state index is -0.0998. The van der Waals surface area contributed by atoms with Gasteiger partial charge in [0.1, 0.15) is 0 Å². The summed E-state index contributed by atoms with van der Waals surface area (Å²) < 4.78 is 0.568. The van der Waals surface area contributed by atoms with Crippen molar-refractivity contribution in [3.63, 3.8) is 0 Å². The summed E-state index contributed by atoms with van der Waals surface area (Å²) in [4.78, 5) is 4.12. The van der Waals surface area contributed by atoms with Crippen LogP contribution in [0.1, 0.15) is 18.5 Å². The molecule has 1 aliphatic rings. The van der Waals surface area contributed by atoms with Crippen LogP contribution in [0.2, 0.25) is 4.47 Å². The lowest BCUT2D eigenvalue weighted by atomic mass is 10.0. The first kappa shape index (κ1) is 8.03. The fourth-order valence-electron chi connectivity index (χ4n) is 1.19. The van der Waals surface area contributed by atoms with Crippen LogP contribution >= 0.6 is 22.9 Å². The fraction of sp³-hybridized carbons (Fsp3) is 0.500. The van der Waals surface area contributed by atoms with Crippen molar-refractivity contribution in [1.29, 1.82) is 5.26 Å². The third-order valence-corrected chi connectivity index (χ3v) is 3.16. The molecule has 1 aromatic rings. The molecule has 12 heavy (non-hydrogen) atoms. The first-order valence-electron chi connectivity index (χ1n) is 3.75. The number of aromatic nitrogens is 1. The summed E-state index contributed by atoms with van der Waals surface area (Å²) in [5, 5.41) is 10.7. The maximum atomic E-state index is 8.82. The van der Waals surface area contributed by atoms with Gasteiger partial charge < -0.3 is 0 Å². The number of hydrogen-bond donors (Lipinski definition) is 0. The Kier molecular flexibility index (Phi) is 1.82. The highest BCUT2D eigenvalue weighted by Crippen LogP contribution is 2.47. The van der Waals surface area contributed by atoms with Crippen LogP contribution in [0.15, 0.2) is 5.38 Å². The lowest BCUT2D eigenvalue weighted by Crippen LogP contribution is -2.01. The summed E-state index contributed by atoms with van der Waals surface area (Å²) in [6.07, 6.45) is 2.80. The summed E-state index contributed by atoms with van der Waals surface area (Å²) in [6.45, 7) is 0. The van der Waals surface area contributed by atoms with E-state index >= 15 is 0 Å². The molecule has 0 radical (unpaired) electrons. The van der Waals surface area contributed by atoms with Crippen LogP contribution in [0, 0.1) is 16.7 Å². The second kappa shape index (κ2) is 2.72. The molecule has 1 aliphatic carbocycles. The van der Waals surface area contributed by atoms with Crippen molar-refractivity contribution in [1.82, 2.24) is 4.98 Å². The van der Waals surface area contributed by atoms with Crippen molar-refractivity contribution < 1.29 is 0 Å². The van der Waals surface area contributed by atoms with E-state index in [4.69, 9.17) is 16.9 Å². The molecular formula is C8H7ClN2S. The van der Waals surface area contributed by atoms with Gasteiger partial charge in [0.25, 0.3) is 0 Å². The summed E-state index contributed by atoms with van der Waals surface area (Å²) in [5.41, 5.74) is 0.862. The van der Waals surface area contributed by atoms with E-state index in [1.807, 2.05) is 5.38 Å². The monoisotopic (exact) mass is 198 g/mol. The molecule has 0 spiro atoms. The predicted molar refractivity (Wildman–Crippen MR) is 48.1 cm³/mol. The van der Waals surface area contributed by atoms with Crippen LogP contribution in [-0.2, 0) is 6.42 Å². The molecule has 0 saturated heterocycles. The number of rotatable bonds is 2. The number of nitriles is 1. The van der Waals surface area contributed by atoms with Gasteiger partial charge in [0, 0.05) is 11.8 Å². The van der Waals surface area contributed by atoms with Gasteiger partial charge in [-0.3, -0.25) is 0 Å². The predicted octanol–water partition coefficient (Wildman–Crippen LogP) is 2.64. The molecule has 1 heterocycles. The Hall–Kier alpha value is -0.590. The quantitative estimate of drug-likeness (QED) is 0.733. The van der Waals surface area contributed by atoms with Gasteiger partial charge in [-0.25, -0.2) is 4.98 Å². The van der Waals surface area contributed by atoms with E-state index in [-0.39, 0.29) is 5.41 Å². The van der Waals surface area contributed by atoms with E-state index < -0.39 is 0 Å². The van der Waals surface area contributed by atoms with Gasteiger partial charge >= 0.3 is 0 Å². The zero-order valence-electron chi connectivity index (χ0n) is 6.38. The summed E-state index contributed by atoms with van der Waals surface area (Å²) >= 11 is 7.11. The Balaban J connectivity index is 2.10. The van der Waals surface area contributed by atoms with Gasteiger partial charge in [0.2, 0.25) is 0 Å². The Morgan fingerprint density at radius 2 is 2.50 bits per heavy atom. The molecule has 1 aromatic heterocycles. The molecule has 0 unspecified atom stereocenters. The first-order valence-corrected chi connectivity index (χ1v) is 5.01. The highest BCUT2D eigenvalue weighted by molar-refractivity contribution is 7.13. The molecule has 0 amide bonds. The molecule has 1 saturated carbocycles. The van der Waals surface area contributed by atoms with E-state index in [0.29, 0.717) is 4.47 Å². The van der Waals surface area contributed by atoms with E-state index in [1.54, 1.807) is 0 Å². The van der Waals surface area contributed by atoms with Gasteiger partial charge in [0.15, 0.2) is 4.47 Å². The minimum Gasteiger partial charge on any atom is -0.230 e. The lowest BCUT2D eigenvalue weighted by Gasteiger charge is -1.99. The molecule has 0 bridgehead atoms. The first-order chi connectivity index (χ1) is 5.74. The van der Waals surface area contributed by atoms with E-state index in [1.165, 1.54) is 11.3 Å². The molecular weight excluding hydrogens is 192 g/mol. The third-order valence-electron chi connectivity index (χ3n) is 2.13. The van der Waals surface area contributed by atoms with Crippen LogP contribution in [0.3, 0.4) is 0 Å². The highest BCUT2D eigenvalue weighted by Gasteiger charge is 2.43. The molecule has 0 atom stereocenters. The Bertz CT molecular complexity index is 335. The Morgan fingerprint density at radius 3 is 2.92 bits per heavy atom. The average Bonchev–Trinajstić information content (AvgIpc) is 2.71. The summed E-state index contributed by atoms with van der Waals surface area (Å²) in [7, 11) is 0. The van der Waals surface area contributed by atoms with Crippen LogP contribution in [-0.4, -0.2) is 4.98 Å². The van der Waals surface area contributed by atoms with Gasteiger partial charge in [-0.05, 0) is 12.8 Å². The molecule has 0 N–H and O–H groups in total. The lowest BCUT2D eigenvalue weighted by molar-refractivity contribution is 0.654. The van der Waals surface area contributed by atoms with Gasteiger partial charge in [0.05, 0.1) is 17.2 Å². The van der Waals surface area contributed by atoms with Crippen molar-refractivity contribution >= 4 is 22.9 Å². The van der Waals surface area contributed by atoms with Crippen LogP contribution in [0.5, 0.6) is 0 Å². The Morgan fingerprint density at radius 1 is 1.75 bits per heavy atom. The van der Waals surface area contributed by atoms with Gasteiger partial charge in [-0.1, -0.05) is 11.6 Å². The highest BCUT2D eigenvalue weighted by atomic mass is 35.5. The van der Waals surface area contributed by atoms with Crippen molar-refractivity contribution in [3.8, 4) is 6.07 Å². The van der Waals surface area contributed by atoms with Crippen LogP contribution < -0.4 is 0 Å². The maximum Gasteiger partial charge on any atom is 0.183 e. The summed E-state index contributed by atoms with van der Waals surface area (Å²) in [5.74, 6) is 0. The molecule has 2 rings (SSSR count). The second-order valence-electron chi connectivity index (χ2n) is 3.16. The normalized spacial score (nSPS) is 18.7. The fourth-order valence-corrected chi connectivity index (χ4v) is 1.97. The molecule has 2 nitrogen and oxygen atoms in total. The standard InChI is InChI=1S/C8H7ClN2S/c9-7-11-6(4-12-7)3-8(5-10)1-2-8/h4H,1-3H2.